The average molecular weight is 588 g/mol. The van der Waals surface area contributed by atoms with E-state index in [1.807, 2.05) is 5.32 Å². The summed E-state index contributed by atoms with van der Waals surface area (Å²) in [6.07, 6.45) is -2.49. The van der Waals surface area contributed by atoms with E-state index in [2.05, 4.69) is 15.2 Å². The maximum atomic E-state index is 14.9. The standard InChI is InChI=1S/C25H27F6N7O3/c1-23(2,26)20-18(21(32)39)19(41-36-20)17(13-3-5-24(27,28)6-4-13)14-10-38-16(34-14)7-12(8-33-38)9-37-11-15(25(29,30)31)35-22(37)40/h7-8,10,13,15,17H,3-6,9,11H2,1-2H3,(H2,32,39)(H,35,40)/t15-,17-/m0/s1. The highest BCUT2D eigenvalue weighted by molar-refractivity contribution is 5.95. The first-order valence-corrected chi connectivity index (χ1v) is 12.9. The van der Waals surface area contributed by atoms with Crippen LogP contribution >= 0.6 is 0 Å². The third-order valence-electron chi connectivity index (χ3n) is 7.51. The first kappa shape index (κ1) is 28.7. The molecular formula is C25H27F6N7O3. The molecule has 16 heteroatoms. The molecule has 0 spiro atoms. The van der Waals surface area contributed by atoms with E-state index in [9.17, 15) is 35.9 Å². The Balaban J connectivity index is 1.51. The highest BCUT2D eigenvalue weighted by Gasteiger charge is 2.47. The third-order valence-corrected chi connectivity index (χ3v) is 7.51. The van der Waals surface area contributed by atoms with Gasteiger partial charge in [-0.15, -0.1) is 0 Å². The lowest BCUT2D eigenvalue weighted by Gasteiger charge is -2.32. The second-order valence-corrected chi connectivity index (χ2v) is 11.0. The zero-order valence-electron chi connectivity index (χ0n) is 22.0. The first-order valence-electron chi connectivity index (χ1n) is 12.9. The number of carbonyl (C=O) groups excluding carboxylic acids is 2. The van der Waals surface area contributed by atoms with Gasteiger partial charge in [0.1, 0.15) is 17.3 Å². The van der Waals surface area contributed by atoms with Crippen LogP contribution in [-0.4, -0.2) is 61.3 Å². The highest BCUT2D eigenvalue weighted by atomic mass is 19.4. The monoisotopic (exact) mass is 587 g/mol. The molecule has 41 heavy (non-hydrogen) atoms. The number of carbonyl (C=O) groups is 2. The van der Waals surface area contributed by atoms with Gasteiger partial charge in [-0.1, -0.05) is 5.16 Å². The summed E-state index contributed by atoms with van der Waals surface area (Å²) in [5.41, 5.74) is 3.78. The SMILES string of the molecule is CC(C)(F)c1noc([C@H](c2cn3ncc(CN4C[C@@H](C(F)(F)F)NC4=O)cc3n2)C2CCC(F)(F)CC2)c1C(N)=O. The quantitative estimate of drug-likeness (QED) is 0.393. The number of halogens is 6. The minimum absolute atomic E-state index is 0.0436. The summed E-state index contributed by atoms with van der Waals surface area (Å²) in [6.45, 7) is 1.60. The molecule has 3 N–H and O–H groups in total. The second-order valence-electron chi connectivity index (χ2n) is 11.0. The van der Waals surface area contributed by atoms with Gasteiger partial charge in [0.25, 0.3) is 5.91 Å². The number of primary amides is 1. The number of aromatic nitrogens is 4. The molecule has 1 aliphatic heterocycles. The van der Waals surface area contributed by atoms with Crippen LogP contribution in [0.5, 0.6) is 0 Å². The number of fused-ring (bicyclic) bond motifs is 1. The maximum absolute atomic E-state index is 14.9. The number of imidazole rings is 1. The summed E-state index contributed by atoms with van der Waals surface area (Å²) in [5, 5.41) is 9.89. The number of hydrogen-bond donors (Lipinski definition) is 2. The second kappa shape index (κ2) is 9.91. The maximum Gasteiger partial charge on any atom is 0.410 e. The predicted octanol–water partition coefficient (Wildman–Crippen LogP) is 4.43. The number of amides is 3. The Hall–Kier alpha value is -3.85. The Morgan fingerprint density at radius 2 is 1.93 bits per heavy atom. The number of alkyl halides is 6. The number of hydrogen-bond acceptors (Lipinski definition) is 6. The molecule has 10 nitrogen and oxygen atoms in total. The van der Waals surface area contributed by atoms with Crippen molar-refractivity contribution in [2.45, 2.75) is 75.8 Å². The number of nitrogens with one attached hydrogen (secondary N) is 1. The summed E-state index contributed by atoms with van der Waals surface area (Å²) < 4.78 is 88.9. The van der Waals surface area contributed by atoms with Gasteiger partial charge in [-0.3, -0.25) is 4.79 Å². The van der Waals surface area contributed by atoms with Crippen LogP contribution in [0.4, 0.5) is 31.1 Å². The summed E-state index contributed by atoms with van der Waals surface area (Å²) in [7, 11) is 0. The van der Waals surface area contributed by atoms with Gasteiger partial charge >= 0.3 is 12.2 Å². The van der Waals surface area contributed by atoms with E-state index in [1.54, 1.807) is 0 Å². The van der Waals surface area contributed by atoms with Crippen molar-refractivity contribution in [1.82, 2.24) is 30.0 Å². The molecule has 3 amide bonds. The van der Waals surface area contributed by atoms with Crippen molar-refractivity contribution in [3.8, 4) is 0 Å². The normalized spacial score (nSPS) is 20.9. The van der Waals surface area contributed by atoms with Crippen LogP contribution in [0.15, 0.2) is 23.0 Å². The zero-order chi connectivity index (χ0) is 29.9. The van der Waals surface area contributed by atoms with E-state index < -0.39 is 67.0 Å². The van der Waals surface area contributed by atoms with Gasteiger partial charge in [0.2, 0.25) is 5.92 Å². The zero-order valence-corrected chi connectivity index (χ0v) is 22.0. The average Bonchev–Trinajstić information content (AvgIpc) is 3.57. The number of nitrogens with two attached hydrogens (primary N) is 1. The van der Waals surface area contributed by atoms with Gasteiger partial charge in [0.05, 0.1) is 30.6 Å². The topological polar surface area (TPSA) is 132 Å². The molecule has 3 aromatic heterocycles. The predicted molar refractivity (Wildman–Crippen MR) is 130 cm³/mol. The molecule has 5 rings (SSSR count). The minimum atomic E-state index is -4.59. The molecule has 1 saturated heterocycles. The number of nitrogens with zero attached hydrogens (tertiary/aromatic N) is 5. The molecular weight excluding hydrogens is 560 g/mol. The van der Waals surface area contributed by atoms with Gasteiger partial charge < -0.3 is 20.5 Å². The van der Waals surface area contributed by atoms with Crippen molar-refractivity contribution >= 4 is 17.6 Å². The van der Waals surface area contributed by atoms with E-state index >= 15 is 0 Å². The number of rotatable bonds is 7. The lowest BCUT2D eigenvalue weighted by molar-refractivity contribution is -0.149. The van der Waals surface area contributed by atoms with Crippen LogP contribution < -0.4 is 11.1 Å². The fourth-order valence-corrected chi connectivity index (χ4v) is 5.45. The molecule has 222 valence electrons. The molecule has 4 heterocycles. The van der Waals surface area contributed by atoms with Crippen LogP contribution in [0, 0.1) is 5.92 Å². The molecule has 3 aromatic rings. The van der Waals surface area contributed by atoms with Gasteiger partial charge in [-0.05, 0) is 44.2 Å². The number of urea groups is 1. The first-order chi connectivity index (χ1) is 19.0. The van der Waals surface area contributed by atoms with Crippen molar-refractivity contribution in [3.63, 3.8) is 0 Å². The van der Waals surface area contributed by atoms with Gasteiger partial charge in [0, 0.05) is 19.4 Å². The molecule has 0 bridgehead atoms. The van der Waals surface area contributed by atoms with Crippen molar-refractivity contribution in [3.05, 3.63) is 46.7 Å². The molecule has 1 saturated carbocycles. The lowest BCUT2D eigenvalue weighted by atomic mass is 9.75. The van der Waals surface area contributed by atoms with Crippen molar-refractivity contribution in [2.75, 3.05) is 6.54 Å². The van der Waals surface area contributed by atoms with E-state index in [1.165, 1.54) is 36.8 Å². The largest absolute Gasteiger partial charge is 0.410 e. The van der Waals surface area contributed by atoms with Crippen LogP contribution in [-0.2, 0) is 12.2 Å². The molecule has 0 unspecified atom stereocenters. The van der Waals surface area contributed by atoms with Crippen LogP contribution in [0.2, 0.25) is 0 Å². The smallest absolute Gasteiger partial charge is 0.365 e. The molecule has 2 aliphatic rings. The fraction of sp³-hybridized carbons (Fsp3) is 0.560. The summed E-state index contributed by atoms with van der Waals surface area (Å²) in [4.78, 5) is 30.1. The highest BCUT2D eigenvalue weighted by Crippen LogP contribution is 2.46. The summed E-state index contributed by atoms with van der Waals surface area (Å²) in [6, 6.07) is -1.35. The van der Waals surface area contributed by atoms with E-state index in [0.717, 1.165) is 4.90 Å². The van der Waals surface area contributed by atoms with Crippen molar-refractivity contribution in [1.29, 1.82) is 0 Å². The van der Waals surface area contributed by atoms with Gasteiger partial charge in [-0.25, -0.2) is 27.5 Å². The van der Waals surface area contributed by atoms with E-state index in [-0.39, 0.29) is 47.7 Å². The third kappa shape index (κ3) is 5.68. The lowest BCUT2D eigenvalue weighted by Crippen LogP contribution is -2.40. The fourth-order valence-electron chi connectivity index (χ4n) is 5.45. The van der Waals surface area contributed by atoms with Crippen LogP contribution in [0.1, 0.15) is 78.5 Å². The molecule has 2 fully saturated rings. The Morgan fingerprint density at radius 1 is 1.24 bits per heavy atom. The van der Waals surface area contributed by atoms with E-state index in [4.69, 9.17) is 10.3 Å². The molecule has 2 atom stereocenters. The van der Waals surface area contributed by atoms with Crippen molar-refractivity contribution in [2.24, 2.45) is 11.7 Å². The molecule has 0 aromatic carbocycles. The van der Waals surface area contributed by atoms with Crippen LogP contribution in [0.25, 0.3) is 5.65 Å². The Morgan fingerprint density at radius 3 is 2.51 bits per heavy atom. The Kier molecular flexibility index (Phi) is 6.93. The Bertz CT molecular complexity index is 1470. The molecule has 1 aliphatic carbocycles. The summed E-state index contributed by atoms with van der Waals surface area (Å²) >= 11 is 0. The Labute approximate surface area is 229 Å². The minimum Gasteiger partial charge on any atom is -0.365 e. The van der Waals surface area contributed by atoms with Gasteiger partial charge in [0.15, 0.2) is 17.1 Å². The van der Waals surface area contributed by atoms with E-state index in [0.29, 0.717) is 5.56 Å². The summed E-state index contributed by atoms with van der Waals surface area (Å²) in [5.74, 6) is -5.35. The molecule has 0 radical (unpaired) electrons. The van der Waals surface area contributed by atoms with Crippen LogP contribution in [0.3, 0.4) is 0 Å². The van der Waals surface area contributed by atoms with Crippen molar-refractivity contribution < 1.29 is 40.5 Å². The van der Waals surface area contributed by atoms with Gasteiger partial charge in [-0.2, -0.15) is 18.3 Å².